The van der Waals surface area contributed by atoms with Gasteiger partial charge in [0, 0.05) is 0 Å². The van der Waals surface area contributed by atoms with Gasteiger partial charge in [-0.05, 0) is 19.1 Å². The monoisotopic (exact) mass is 282 g/mol. The average Bonchev–Trinajstić information content (AvgIpc) is 2.43. The maximum Gasteiger partial charge on any atom is 0.370 e. The Bertz CT molecular complexity index is 475. The minimum absolute atomic E-state index is 0.240. The Balaban J connectivity index is 2.73. The fourth-order valence-electron chi connectivity index (χ4n) is 1.18. The van der Waals surface area contributed by atoms with Crippen LogP contribution in [0.25, 0.3) is 0 Å². The third-order valence-electron chi connectivity index (χ3n) is 1.96. The second-order valence-corrected chi connectivity index (χ2v) is 3.69. The number of rotatable bonds is 7. The van der Waals surface area contributed by atoms with Crippen molar-refractivity contribution in [2.24, 2.45) is 5.10 Å². The summed E-state index contributed by atoms with van der Waals surface area (Å²) in [5.41, 5.74) is 3.25. The van der Waals surface area contributed by atoms with Crippen LogP contribution >= 0.6 is 11.6 Å². The number of hydrogen-bond donors (Lipinski definition) is 1. The number of benzene rings is 1. The number of hydrogen-bond acceptors (Lipinski definition) is 5. The molecule has 0 heterocycles. The van der Waals surface area contributed by atoms with Crippen LogP contribution in [0.5, 0.6) is 5.75 Å². The summed E-state index contributed by atoms with van der Waals surface area (Å²) in [6.45, 7) is 5.87. The summed E-state index contributed by atoms with van der Waals surface area (Å²) in [5, 5.41) is 3.46. The number of nitrogens with one attached hydrogen (secondary N) is 1. The van der Waals surface area contributed by atoms with Crippen molar-refractivity contribution in [3.8, 4) is 5.75 Å². The molecule has 0 aliphatic heterocycles. The van der Waals surface area contributed by atoms with Gasteiger partial charge in [0.05, 0.1) is 12.3 Å². The third kappa shape index (κ3) is 5.01. The van der Waals surface area contributed by atoms with Crippen LogP contribution in [0.4, 0.5) is 5.69 Å². The molecule has 0 aliphatic rings. The van der Waals surface area contributed by atoms with Gasteiger partial charge in [-0.25, -0.2) is 4.79 Å². The minimum Gasteiger partial charge on any atom is -0.487 e. The van der Waals surface area contributed by atoms with Gasteiger partial charge in [-0.2, -0.15) is 5.10 Å². The number of nitrogens with zero attached hydrogens (tertiary/aromatic N) is 1. The summed E-state index contributed by atoms with van der Waals surface area (Å²) in [4.78, 5) is 11.3. The molecule has 0 unspecified atom stereocenters. The first-order valence-corrected chi connectivity index (χ1v) is 6.05. The van der Waals surface area contributed by atoms with Gasteiger partial charge in [0.15, 0.2) is 0 Å². The van der Waals surface area contributed by atoms with Crippen LogP contribution < -0.4 is 10.2 Å². The van der Waals surface area contributed by atoms with Gasteiger partial charge in [-0.3, -0.25) is 5.43 Å². The first-order valence-electron chi connectivity index (χ1n) is 5.68. The Hall–Kier alpha value is -2.01. The van der Waals surface area contributed by atoms with Gasteiger partial charge >= 0.3 is 5.97 Å². The van der Waals surface area contributed by atoms with Gasteiger partial charge < -0.3 is 9.47 Å². The van der Waals surface area contributed by atoms with Crippen molar-refractivity contribution in [1.29, 1.82) is 0 Å². The number of halogens is 1. The molecule has 0 radical (unpaired) electrons. The molecule has 19 heavy (non-hydrogen) atoms. The summed E-state index contributed by atoms with van der Waals surface area (Å²) in [6, 6.07) is 7.13. The zero-order valence-electron chi connectivity index (χ0n) is 10.6. The molecule has 5 nitrogen and oxygen atoms in total. The molecular formula is C13H15ClN2O3. The van der Waals surface area contributed by atoms with Crippen LogP contribution in [0, 0.1) is 0 Å². The number of esters is 1. The van der Waals surface area contributed by atoms with Crippen LogP contribution in [-0.2, 0) is 9.53 Å². The van der Waals surface area contributed by atoms with Crippen LogP contribution in [0.1, 0.15) is 6.92 Å². The fourth-order valence-corrected chi connectivity index (χ4v) is 1.28. The van der Waals surface area contributed by atoms with E-state index < -0.39 is 5.97 Å². The van der Waals surface area contributed by atoms with Gasteiger partial charge in [0.1, 0.15) is 12.4 Å². The summed E-state index contributed by atoms with van der Waals surface area (Å²) < 4.78 is 10.1. The van der Waals surface area contributed by atoms with E-state index in [9.17, 15) is 4.79 Å². The summed E-state index contributed by atoms with van der Waals surface area (Å²) in [6.07, 6.45) is 1.63. The maximum absolute atomic E-state index is 11.3. The molecule has 0 aliphatic carbocycles. The number of carbonyl (C=O) groups excluding carboxylic acids is 1. The van der Waals surface area contributed by atoms with Crippen molar-refractivity contribution in [2.45, 2.75) is 6.92 Å². The van der Waals surface area contributed by atoms with E-state index in [0.29, 0.717) is 18.0 Å². The Morgan fingerprint density at radius 1 is 1.53 bits per heavy atom. The molecule has 1 rings (SSSR count). The number of para-hydroxylation sites is 2. The predicted octanol–water partition coefficient (Wildman–Crippen LogP) is 2.78. The molecule has 102 valence electrons. The molecule has 0 amide bonds. The van der Waals surface area contributed by atoms with Gasteiger partial charge in [-0.1, -0.05) is 36.4 Å². The minimum atomic E-state index is -0.679. The van der Waals surface area contributed by atoms with E-state index in [4.69, 9.17) is 21.1 Å². The second-order valence-electron chi connectivity index (χ2n) is 3.33. The van der Waals surface area contributed by atoms with Crippen LogP contribution in [0.3, 0.4) is 0 Å². The molecule has 0 saturated heterocycles. The van der Waals surface area contributed by atoms with Crippen LogP contribution in [-0.4, -0.2) is 24.4 Å². The van der Waals surface area contributed by atoms with Crippen LogP contribution in [0.2, 0.25) is 0 Å². The Labute approximate surface area is 116 Å². The summed E-state index contributed by atoms with van der Waals surface area (Å²) in [7, 11) is 0. The molecule has 6 heteroatoms. The Morgan fingerprint density at radius 2 is 2.26 bits per heavy atom. The van der Waals surface area contributed by atoms with E-state index in [1.54, 1.807) is 31.2 Å². The highest BCUT2D eigenvalue weighted by molar-refractivity contribution is 6.82. The number of anilines is 1. The number of hydrazone groups is 1. The lowest BCUT2D eigenvalue weighted by atomic mass is 10.3. The molecule has 0 atom stereocenters. The SMILES string of the molecule is C=CCOc1ccccc1NN=C(Cl)C(=O)OCC. The zero-order valence-corrected chi connectivity index (χ0v) is 11.3. The lowest BCUT2D eigenvalue weighted by Gasteiger charge is -2.09. The molecule has 1 aromatic rings. The highest BCUT2D eigenvalue weighted by Crippen LogP contribution is 2.23. The molecule has 0 aromatic heterocycles. The standard InChI is InChI=1S/C13H15ClN2O3/c1-3-9-19-11-8-6-5-7-10(11)15-16-12(14)13(17)18-4-2/h3,5-8,15H,1,4,9H2,2H3. The van der Waals surface area contributed by atoms with Gasteiger partial charge in [-0.15, -0.1) is 0 Å². The van der Waals surface area contributed by atoms with Crippen molar-refractivity contribution in [3.63, 3.8) is 0 Å². The molecule has 1 N–H and O–H groups in total. The van der Waals surface area contributed by atoms with E-state index in [2.05, 4.69) is 17.1 Å². The van der Waals surface area contributed by atoms with E-state index in [-0.39, 0.29) is 11.8 Å². The van der Waals surface area contributed by atoms with Crippen molar-refractivity contribution >= 4 is 28.4 Å². The first-order chi connectivity index (χ1) is 9.19. The van der Waals surface area contributed by atoms with Gasteiger partial charge in [0.25, 0.3) is 0 Å². The molecule has 0 bridgehead atoms. The van der Waals surface area contributed by atoms with E-state index in [1.165, 1.54) is 0 Å². The largest absolute Gasteiger partial charge is 0.487 e. The molecule has 0 fully saturated rings. The zero-order chi connectivity index (χ0) is 14.1. The normalized spacial score (nSPS) is 10.7. The van der Waals surface area contributed by atoms with Crippen molar-refractivity contribution < 1.29 is 14.3 Å². The van der Waals surface area contributed by atoms with E-state index >= 15 is 0 Å². The molecule has 0 spiro atoms. The lowest BCUT2D eigenvalue weighted by molar-refractivity contribution is -0.134. The van der Waals surface area contributed by atoms with E-state index in [1.807, 2.05) is 6.07 Å². The Kier molecular flexibility index (Phi) is 6.46. The van der Waals surface area contributed by atoms with Crippen molar-refractivity contribution in [2.75, 3.05) is 18.6 Å². The fraction of sp³-hybridized carbons (Fsp3) is 0.231. The number of ether oxygens (including phenoxy) is 2. The number of carbonyl (C=O) groups is 1. The average molecular weight is 283 g/mol. The smallest absolute Gasteiger partial charge is 0.370 e. The highest BCUT2D eigenvalue weighted by atomic mass is 35.5. The van der Waals surface area contributed by atoms with Crippen LogP contribution in [0.15, 0.2) is 42.0 Å². The van der Waals surface area contributed by atoms with Gasteiger partial charge in [0.2, 0.25) is 5.17 Å². The van der Waals surface area contributed by atoms with Crippen molar-refractivity contribution in [3.05, 3.63) is 36.9 Å². The summed E-state index contributed by atoms with van der Waals surface area (Å²) in [5.74, 6) is -0.0966. The lowest BCUT2D eigenvalue weighted by Crippen LogP contribution is -2.13. The maximum atomic E-state index is 11.3. The Morgan fingerprint density at radius 3 is 2.95 bits per heavy atom. The first kappa shape index (κ1) is 15.0. The second kappa shape index (κ2) is 8.16. The third-order valence-corrected chi connectivity index (χ3v) is 2.20. The quantitative estimate of drug-likeness (QED) is 0.362. The van der Waals surface area contributed by atoms with E-state index in [0.717, 1.165) is 0 Å². The molecule has 1 aromatic carbocycles. The highest BCUT2D eigenvalue weighted by Gasteiger charge is 2.09. The summed E-state index contributed by atoms with van der Waals surface area (Å²) >= 11 is 5.67. The predicted molar refractivity (Wildman–Crippen MR) is 75.7 cm³/mol. The topological polar surface area (TPSA) is 59.9 Å². The molecular weight excluding hydrogens is 268 g/mol. The molecule has 0 saturated carbocycles. The van der Waals surface area contributed by atoms with Crippen molar-refractivity contribution in [1.82, 2.24) is 0 Å².